The summed E-state index contributed by atoms with van der Waals surface area (Å²) in [6, 6.07) is 4.65. The van der Waals surface area contributed by atoms with Crippen LogP contribution in [0.2, 0.25) is 5.02 Å². The fourth-order valence-corrected chi connectivity index (χ4v) is 4.25. The van der Waals surface area contributed by atoms with E-state index in [2.05, 4.69) is 11.6 Å². The van der Waals surface area contributed by atoms with Crippen molar-refractivity contribution in [3.05, 3.63) is 28.8 Å². The number of sulfonamides is 1. The molecule has 1 aromatic rings. The van der Waals surface area contributed by atoms with Crippen LogP contribution in [0.3, 0.4) is 0 Å². The van der Waals surface area contributed by atoms with Gasteiger partial charge >= 0.3 is 0 Å². The van der Waals surface area contributed by atoms with Gasteiger partial charge in [-0.2, -0.15) is 0 Å². The summed E-state index contributed by atoms with van der Waals surface area (Å²) in [5.41, 5.74) is 6.28. The molecular formula is C15H23ClN2O2S. The maximum atomic E-state index is 12.4. The molecule has 1 saturated carbocycles. The minimum Gasteiger partial charge on any atom is -0.326 e. The van der Waals surface area contributed by atoms with E-state index in [4.69, 9.17) is 17.3 Å². The van der Waals surface area contributed by atoms with Crippen LogP contribution in [0.4, 0.5) is 0 Å². The van der Waals surface area contributed by atoms with Crippen molar-refractivity contribution in [2.45, 2.75) is 50.5 Å². The SMILES string of the molecule is CC1(CNS(=O)(=O)c2ccc(Cl)c(CN)c2)CCCCC1. The zero-order valence-electron chi connectivity index (χ0n) is 12.4. The lowest BCUT2D eigenvalue weighted by Crippen LogP contribution is -2.37. The molecule has 0 aromatic heterocycles. The monoisotopic (exact) mass is 330 g/mol. The molecule has 0 atom stereocenters. The highest BCUT2D eigenvalue weighted by atomic mass is 35.5. The molecule has 118 valence electrons. The first-order valence-electron chi connectivity index (χ1n) is 7.34. The zero-order chi connectivity index (χ0) is 15.5. The van der Waals surface area contributed by atoms with Crippen molar-refractivity contribution in [2.24, 2.45) is 11.1 Å². The van der Waals surface area contributed by atoms with Crippen molar-refractivity contribution in [2.75, 3.05) is 6.54 Å². The molecule has 1 aliphatic rings. The average molecular weight is 331 g/mol. The molecular weight excluding hydrogens is 308 g/mol. The van der Waals surface area contributed by atoms with E-state index < -0.39 is 10.0 Å². The third-order valence-corrected chi connectivity index (χ3v) is 6.06. The van der Waals surface area contributed by atoms with Crippen LogP contribution in [0.1, 0.15) is 44.6 Å². The number of hydrogen-bond acceptors (Lipinski definition) is 3. The van der Waals surface area contributed by atoms with Crippen molar-refractivity contribution < 1.29 is 8.42 Å². The standard InChI is InChI=1S/C15H23ClN2O2S/c1-15(7-3-2-4-8-15)11-18-21(19,20)13-5-6-14(16)12(9-13)10-17/h5-6,9,18H,2-4,7-8,10-11,17H2,1H3. The largest absolute Gasteiger partial charge is 0.326 e. The summed E-state index contributed by atoms with van der Waals surface area (Å²) < 4.78 is 27.5. The van der Waals surface area contributed by atoms with Crippen LogP contribution in [-0.4, -0.2) is 15.0 Å². The van der Waals surface area contributed by atoms with Crippen LogP contribution >= 0.6 is 11.6 Å². The summed E-state index contributed by atoms with van der Waals surface area (Å²) in [6.07, 6.45) is 5.75. The number of hydrogen-bond donors (Lipinski definition) is 2. The first kappa shape index (κ1) is 16.7. The minimum absolute atomic E-state index is 0.0639. The van der Waals surface area contributed by atoms with Crippen LogP contribution in [-0.2, 0) is 16.6 Å². The second kappa shape index (κ2) is 6.65. The van der Waals surface area contributed by atoms with Gasteiger partial charge in [-0.3, -0.25) is 0 Å². The Morgan fingerprint density at radius 2 is 1.95 bits per heavy atom. The second-order valence-electron chi connectivity index (χ2n) is 6.15. The number of nitrogens with one attached hydrogen (secondary N) is 1. The van der Waals surface area contributed by atoms with Crippen molar-refractivity contribution >= 4 is 21.6 Å². The summed E-state index contributed by atoms with van der Waals surface area (Å²) in [7, 11) is -3.51. The third-order valence-electron chi connectivity index (χ3n) is 4.30. The summed E-state index contributed by atoms with van der Waals surface area (Å²) >= 11 is 5.97. The summed E-state index contributed by atoms with van der Waals surface area (Å²) in [6.45, 7) is 2.86. The Morgan fingerprint density at radius 3 is 2.57 bits per heavy atom. The maximum absolute atomic E-state index is 12.4. The number of halogens is 1. The molecule has 2 rings (SSSR count). The van der Waals surface area contributed by atoms with Gasteiger partial charge in [0, 0.05) is 18.1 Å². The molecule has 3 N–H and O–H groups in total. The van der Waals surface area contributed by atoms with Gasteiger partial charge in [-0.05, 0) is 42.0 Å². The molecule has 4 nitrogen and oxygen atoms in total. The van der Waals surface area contributed by atoms with Crippen molar-refractivity contribution in [1.29, 1.82) is 0 Å². The molecule has 1 aliphatic carbocycles. The Bertz CT molecular complexity index is 596. The van der Waals surface area contributed by atoms with Crippen LogP contribution in [0, 0.1) is 5.41 Å². The average Bonchev–Trinajstić information content (AvgIpc) is 2.46. The van der Waals surface area contributed by atoms with Gasteiger partial charge in [0.1, 0.15) is 0 Å². The van der Waals surface area contributed by atoms with Crippen molar-refractivity contribution in [3.63, 3.8) is 0 Å². The maximum Gasteiger partial charge on any atom is 0.240 e. The van der Waals surface area contributed by atoms with E-state index in [9.17, 15) is 8.42 Å². The van der Waals surface area contributed by atoms with Gasteiger partial charge in [-0.15, -0.1) is 0 Å². The smallest absolute Gasteiger partial charge is 0.240 e. The Labute approximate surface area is 132 Å². The van der Waals surface area contributed by atoms with Gasteiger partial charge in [-0.25, -0.2) is 13.1 Å². The Kier molecular flexibility index (Phi) is 5.30. The fourth-order valence-electron chi connectivity index (χ4n) is 2.81. The summed E-state index contributed by atoms with van der Waals surface area (Å²) in [4.78, 5) is 0.228. The highest BCUT2D eigenvalue weighted by molar-refractivity contribution is 7.89. The topological polar surface area (TPSA) is 72.2 Å². The van der Waals surface area contributed by atoms with E-state index in [0.29, 0.717) is 17.1 Å². The van der Waals surface area contributed by atoms with Crippen LogP contribution in [0.5, 0.6) is 0 Å². The van der Waals surface area contributed by atoms with E-state index in [0.717, 1.165) is 12.8 Å². The van der Waals surface area contributed by atoms with Crippen molar-refractivity contribution in [1.82, 2.24) is 4.72 Å². The van der Waals surface area contributed by atoms with Crippen LogP contribution in [0.25, 0.3) is 0 Å². The lowest BCUT2D eigenvalue weighted by molar-refractivity contribution is 0.219. The first-order chi connectivity index (χ1) is 9.86. The molecule has 0 heterocycles. The lowest BCUT2D eigenvalue weighted by atomic mass is 9.76. The summed E-state index contributed by atoms with van der Waals surface area (Å²) in [5.74, 6) is 0. The molecule has 1 fully saturated rings. The molecule has 21 heavy (non-hydrogen) atoms. The molecule has 0 radical (unpaired) electrons. The highest BCUT2D eigenvalue weighted by Crippen LogP contribution is 2.35. The minimum atomic E-state index is -3.51. The predicted octanol–water partition coefficient (Wildman–Crippen LogP) is 3.05. The van der Waals surface area contributed by atoms with E-state index in [1.165, 1.54) is 25.3 Å². The molecule has 0 aliphatic heterocycles. The van der Waals surface area contributed by atoms with Gasteiger partial charge in [0.05, 0.1) is 4.90 Å². The number of rotatable bonds is 5. The highest BCUT2D eigenvalue weighted by Gasteiger charge is 2.28. The third kappa shape index (κ3) is 4.19. The molecule has 0 amide bonds. The van der Waals surface area contributed by atoms with Crippen molar-refractivity contribution in [3.8, 4) is 0 Å². The van der Waals surface area contributed by atoms with E-state index in [1.54, 1.807) is 12.1 Å². The molecule has 0 saturated heterocycles. The quantitative estimate of drug-likeness (QED) is 0.871. The van der Waals surface area contributed by atoms with E-state index in [1.807, 2.05) is 0 Å². The Morgan fingerprint density at radius 1 is 1.29 bits per heavy atom. The molecule has 1 aromatic carbocycles. The molecule has 0 bridgehead atoms. The van der Waals surface area contributed by atoms with Gasteiger partial charge < -0.3 is 5.73 Å². The van der Waals surface area contributed by atoms with Gasteiger partial charge in [-0.1, -0.05) is 37.8 Å². The van der Waals surface area contributed by atoms with Gasteiger partial charge in [0.2, 0.25) is 10.0 Å². The van der Waals surface area contributed by atoms with Gasteiger partial charge in [0.25, 0.3) is 0 Å². The Balaban J connectivity index is 2.11. The van der Waals surface area contributed by atoms with Gasteiger partial charge in [0.15, 0.2) is 0 Å². The normalized spacial score (nSPS) is 18.6. The molecule has 6 heteroatoms. The lowest BCUT2D eigenvalue weighted by Gasteiger charge is -2.33. The first-order valence-corrected chi connectivity index (χ1v) is 9.21. The predicted molar refractivity (Wildman–Crippen MR) is 85.7 cm³/mol. The second-order valence-corrected chi connectivity index (χ2v) is 8.33. The summed E-state index contributed by atoms with van der Waals surface area (Å²) in [5, 5.41) is 0.496. The van der Waals surface area contributed by atoms with E-state index >= 15 is 0 Å². The molecule has 0 unspecified atom stereocenters. The Hall–Kier alpha value is -0.620. The fraction of sp³-hybridized carbons (Fsp3) is 0.600. The number of nitrogens with two attached hydrogens (primary N) is 1. The zero-order valence-corrected chi connectivity index (χ0v) is 13.9. The number of benzene rings is 1. The van der Waals surface area contributed by atoms with E-state index in [-0.39, 0.29) is 16.9 Å². The molecule has 0 spiro atoms. The van der Waals surface area contributed by atoms with Crippen LogP contribution < -0.4 is 10.5 Å². The van der Waals surface area contributed by atoms with Crippen LogP contribution in [0.15, 0.2) is 23.1 Å².